The number of hydrogen-bond acceptors (Lipinski definition) is 5. The zero-order chi connectivity index (χ0) is 18.2. The first-order chi connectivity index (χ1) is 12.8. The number of aliphatic hydroxyl groups is 1. The number of aliphatic hydroxyl groups excluding tert-OH is 1. The first kappa shape index (κ1) is 17.8. The van der Waals surface area contributed by atoms with Crippen LogP contribution in [0.15, 0.2) is 54.6 Å². The average molecular weight is 354 g/mol. The van der Waals surface area contributed by atoms with Gasteiger partial charge in [0, 0.05) is 6.54 Å². The van der Waals surface area contributed by atoms with Crippen LogP contribution >= 0.6 is 0 Å². The van der Waals surface area contributed by atoms with Gasteiger partial charge >= 0.3 is 0 Å². The predicted octanol–water partition coefficient (Wildman–Crippen LogP) is 1.64. The topological polar surface area (TPSA) is 88.4 Å². The fourth-order valence-corrected chi connectivity index (χ4v) is 2.61. The number of benzene rings is 2. The summed E-state index contributed by atoms with van der Waals surface area (Å²) in [6, 6.07) is 17.1. The molecular formula is C19H22N4O3. The number of nitrogens with one attached hydrogen (secondary N) is 2. The second-order valence-electron chi connectivity index (χ2n) is 5.67. The Kier molecular flexibility index (Phi) is 6.05. The average Bonchev–Trinajstić information content (AvgIpc) is 3.02. The highest BCUT2D eigenvalue weighted by atomic mass is 16.5. The molecule has 3 N–H and O–H groups in total. The standard InChI is InChI=1S/C19H22N4O3/c24-12-10-21-19-22-16-8-4-5-9-17(16)23(19)14-18(25)20-11-13-26-15-6-2-1-3-7-15/h1-9,24H,10-14H2,(H,20,25)(H,21,22). The maximum atomic E-state index is 12.3. The van der Waals surface area contributed by atoms with Crippen LogP contribution in [0.1, 0.15) is 0 Å². The molecule has 0 aliphatic carbocycles. The van der Waals surface area contributed by atoms with Gasteiger partial charge in [-0.15, -0.1) is 0 Å². The van der Waals surface area contributed by atoms with Crippen molar-refractivity contribution in [3.05, 3.63) is 54.6 Å². The number of rotatable bonds is 9. The van der Waals surface area contributed by atoms with Crippen LogP contribution in [0.3, 0.4) is 0 Å². The van der Waals surface area contributed by atoms with E-state index in [4.69, 9.17) is 9.84 Å². The minimum atomic E-state index is -0.128. The van der Waals surface area contributed by atoms with E-state index in [9.17, 15) is 4.79 Å². The molecule has 3 aromatic rings. The Morgan fingerprint density at radius 3 is 2.65 bits per heavy atom. The Hall–Kier alpha value is -3.06. The number of ether oxygens (including phenoxy) is 1. The van der Waals surface area contributed by atoms with Gasteiger partial charge in [-0.2, -0.15) is 0 Å². The Bertz CT molecular complexity index is 848. The van der Waals surface area contributed by atoms with Crippen molar-refractivity contribution in [2.24, 2.45) is 0 Å². The number of anilines is 1. The van der Waals surface area contributed by atoms with Gasteiger partial charge in [0.05, 0.1) is 24.2 Å². The highest BCUT2D eigenvalue weighted by molar-refractivity contribution is 5.83. The Labute approximate surface area is 151 Å². The van der Waals surface area contributed by atoms with Crippen LogP contribution < -0.4 is 15.4 Å². The summed E-state index contributed by atoms with van der Waals surface area (Å²) in [6.45, 7) is 1.32. The summed E-state index contributed by atoms with van der Waals surface area (Å²) in [5.74, 6) is 1.21. The number of aromatic nitrogens is 2. The van der Waals surface area contributed by atoms with Gasteiger partial charge in [0.2, 0.25) is 11.9 Å². The lowest BCUT2D eigenvalue weighted by atomic mass is 10.3. The van der Waals surface area contributed by atoms with Crippen LogP contribution in [0.25, 0.3) is 11.0 Å². The Morgan fingerprint density at radius 1 is 1.08 bits per heavy atom. The van der Waals surface area contributed by atoms with Gasteiger partial charge in [0.15, 0.2) is 0 Å². The molecule has 136 valence electrons. The quantitative estimate of drug-likeness (QED) is 0.509. The number of fused-ring (bicyclic) bond motifs is 1. The minimum Gasteiger partial charge on any atom is -0.492 e. The van der Waals surface area contributed by atoms with E-state index in [2.05, 4.69) is 15.6 Å². The molecule has 7 heteroatoms. The second kappa shape index (κ2) is 8.87. The Morgan fingerprint density at radius 2 is 1.85 bits per heavy atom. The van der Waals surface area contributed by atoms with Gasteiger partial charge in [-0.25, -0.2) is 4.98 Å². The van der Waals surface area contributed by atoms with E-state index >= 15 is 0 Å². The summed E-state index contributed by atoms with van der Waals surface area (Å²) in [7, 11) is 0. The molecule has 3 rings (SSSR count). The maximum absolute atomic E-state index is 12.3. The van der Waals surface area contributed by atoms with Crippen molar-refractivity contribution in [1.82, 2.24) is 14.9 Å². The van der Waals surface area contributed by atoms with Gasteiger partial charge in [-0.3, -0.25) is 4.79 Å². The number of nitrogens with zero attached hydrogens (tertiary/aromatic N) is 2. The number of imidazole rings is 1. The summed E-state index contributed by atoms with van der Waals surface area (Å²) in [4.78, 5) is 16.8. The molecule has 0 bridgehead atoms. The fraction of sp³-hybridized carbons (Fsp3) is 0.263. The SMILES string of the molecule is O=C(Cn1c(NCCO)nc2ccccc21)NCCOc1ccccc1. The third-order valence-electron chi connectivity index (χ3n) is 3.79. The molecule has 0 spiro atoms. The molecule has 0 saturated carbocycles. The van der Waals surface area contributed by atoms with Crippen LogP contribution in [-0.4, -0.2) is 46.9 Å². The number of carbonyl (C=O) groups is 1. The molecule has 1 amide bonds. The van der Waals surface area contributed by atoms with Gasteiger partial charge in [0.25, 0.3) is 0 Å². The van der Waals surface area contributed by atoms with Crippen LogP contribution in [0.2, 0.25) is 0 Å². The summed E-state index contributed by atoms with van der Waals surface area (Å²) >= 11 is 0. The summed E-state index contributed by atoms with van der Waals surface area (Å²) in [5, 5.41) is 14.9. The van der Waals surface area contributed by atoms with Gasteiger partial charge in [0.1, 0.15) is 18.9 Å². The van der Waals surface area contributed by atoms with E-state index in [1.165, 1.54) is 0 Å². The van der Waals surface area contributed by atoms with Gasteiger partial charge in [-0.1, -0.05) is 30.3 Å². The molecular weight excluding hydrogens is 332 g/mol. The van der Waals surface area contributed by atoms with E-state index in [-0.39, 0.29) is 19.1 Å². The lowest BCUT2D eigenvalue weighted by Gasteiger charge is -2.11. The molecule has 0 unspecified atom stereocenters. The molecule has 2 aromatic carbocycles. The number of para-hydroxylation sites is 3. The number of amides is 1. The molecule has 0 radical (unpaired) electrons. The van der Waals surface area contributed by atoms with Crippen molar-refractivity contribution < 1.29 is 14.6 Å². The molecule has 0 saturated heterocycles. The van der Waals surface area contributed by atoms with E-state index in [0.717, 1.165) is 16.8 Å². The smallest absolute Gasteiger partial charge is 0.240 e. The predicted molar refractivity (Wildman–Crippen MR) is 100 cm³/mol. The van der Waals surface area contributed by atoms with Crippen LogP contribution in [0.4, 0.5) is 5.95 Å². The molecule has 0 aliphatic rings. The van der Waals surface area contributed by atoms with Crippen molar-refractivity contribution in [1.29, 1.82) is 0 Å². The first-order valence-corrected chi connectivity index (χ1v) is 8.52. The Balaban J connectivity index is 1.57. The van der Waals surface area contributed by atoms with Crippen LogP contribution in [0, 0.1) is 0 Å². The molecule has 0 atom stereocenters. The second-order valence-corrected chi connectivity index (χ2v) is 5.67. The summed E-state index contributed by atoms with van der Waals surface area (Å²) < 4.78 is 7.37. The minimum absolute atomic E-state index is 0.00771. The highest BCUT2D eigenvalue weighted by Crippen LogP contribution is 2.19. The fourth-order valence-electron chi connectivity index (χ4n) is 2.61. The number of carbonyl (C=O) groups excluding carboxylic acids is 1. The van der Waals surface area contributed by atoms with E-state index in [1.54, 1.807) is 4.57 Å². The molecule has 0 aliphatic heterocycles. The van der Waals surface area contributed by atoms with Crippen LogP contribution in [0.5, 0.6) is 5.75 Å². The zero-order valence-corrected chi connectivity index (χ0v) is 14.4. The maximum Gasteiger partial charge on any atom is 0.240 e. The van der Waals surface area contributed by atoms with Gasteiger partial charge in [-0.05, 0) is 24.3 Å². The summed E-state index contributed by atoms with van der Waals surface area (Å²) in [5.41, 5.74) is 1.66. The van der Waals surface area contributed by atoms with E-state index in [0.29, 0.717) is 25.6 Å². The summed E-state index contributed by atoms with van der Waals surface area (Å²) in [6.07, 6.45) is 0. The van der Waals surface area contributed by atoms with Crippen molar-refractivity contribution >= 4 is 22.9 Å². The highest BCUT2D eigenvalue weighted by Gasteiger charge is 2.13. The third kappa shape index (κ3) is 4.52. The van der Waals surface area contributed by atoms with Gasteiger partial charge < -0.3 is 25.0 Å². The lowest BCUT2D eigenvalue weighted by Crippen LogP contribution is -2.31. The largest absolute Gasteiger partial charge is 0.492 e. The molecule has 1 heterocycles. The molecule has 1 aromatic heterocycles. The third-order valence-corrected chi connectivity index (χ3v) is 3.79. The van der Waals surface area contributed by atoms with E-state index < -0.39 is 0 Å². The normalized spacial score (nSPS) is 10.7. The number of hydrogen-bond donors (Lipinski definition) is 3. The molecule has 0 fully saturated rings. The lowest BCUT2D eigenvalue weighted by molar-refractivity contribution is -0.121. The van der Waals surface area contributed by atoms with Crippen molar-refractivity contribution in [2.75, 3.05) is 31.6 Å². The van der Waals surface area contributed by atoms with Crippen molar-refractivity contribution in [3.63, 3.8) is 0 Å². The van der Waals surface area contributed by atoms with Crippen molar-refractivity contribution in [3.8, 4) is 5.75 Å². The zero-order valence-electron chi connectivity index (χ0n) is 14.4. The monoisotopic (exact) mass is 354 g/mol. The molecule has 7 nitrogen and oxygen atoms in total. The first-order valence-electron chi connectivity index (χ1n) is 8.52. The van der Waals surface area contributed by atoms with E-state index in [1.807, 2.05) is 54.6 Å². The van der Waals surface area contributed by atoms with Crippen molar-refractivity contribution in [2.45, 2.75) is 6.54 Å². The van der Waals surface area contributed by atoms with Crippen LogP contribution in [-0.2, 0) is 11.3 Å². The molecule has 26 heavy (non-hydrogen) atoms.